The average Bonchev–Trinajstić information content (AvgIpc) is 3.22. The monoisotopic (exact) mass is 369 g/mol. The Bertz CT molecular complexity index is 724. The van der Waals surface area contributed by atoms with E-state index in [0.29, 0.717) is 31.0 Å². The van der Waals surface area contributed by atoms with Gasteiger partial charge in [-0.15, -0.1) is 0 Å². The van der Waals surface area contributed by atoms with Crippen molar-refractivity contribution in [1.29, 1.82) is 0 Å². The molecule has 0 unspecified atom stereocenters. The molecule has 1 amide bonds. The molecule has 3 rings (SSSR count). The van der Waals surface area contributed by atoms with E-state index in [2.05, 4.69) is 10.5 Å². The van der Waals surface area contributed by atoms with Crippen LogP contribution in [0.3, 0.4) is 0 Å². The van der Waals surface area contributed by atoms with Crippen molar-refractivity contribution in [2.45, 2.75) is 64.5 Å². The molecule has 1 aromatic rings. The summed E-state index contributed by atoms with van der Waals surface area (Å²) in [5, 5.41) is 6.82. The van der Waals surface area contributed by atoms with Crippen LogP contribution >= 0.6 is 0 Å². The Kier molecular flexibility index (Phi) is 5.20. The van der Waals surface area contributed by atoms with Gasteiger partial charge in [0.1, 0.15) is 5.76 Å². The molecule has 1 aliphatic carbocycles. The van der Waals surface area contributed by atoms with Crippen LogP contribution < -0.4 is 5.32 Å². The van der Waals surface area contributed by atoms with Crippen molar-refractivity contribution in [1.82, 2.24) is 14.8 Å². The Labute approximate surface area is 149 Å². The van der Waals surface area contributed by atoms with E-state index in [0.717, 1.165) is 18.6 Å². The maximum absolute atomic E-state index is 12.4. The predicted octanol–water partition coefficient (Wildman–Crippen LogP) is 2.12. The fourth-order valence-electron chi connectivity index (χ4n) is 3.43. The summed E-state index contributed by atoms with van der Waals surface area (Å²) in [5.74, 6) is 1.22. The van der Waals surface area contributed by atoms with Gasteiger partial charge in [0.15, 0.2) is 5.69 Å². The molecule has 2 fully saturated rings. The molecule has 0 aromatic carbocycles. The lowest BCUT2D eigenvalue weighted by Crippen LogP contribution is -2.51. The van der Waals surface area contributed by atoms with E-state index in [1.54, 1.807) is 10.4 Å². The van der Waals surface area contributed by atoms with Gasteiger partial charge in [0.2, 0.25) is 10.0 Å². The van der Waals surface area contributed by atoms with E-state index in [1.165, 1.54) is 0 Å². The van der Waals surface area contributed by atoms with Crippen molar-refractivity contribution >= 4 is 15.9 Å². The van der Waals surface area contributed by atoms with Crippen LogP contribution in [0.25, 0.3) is 0 Å². The highest BCUT2D eigenvalue weighted by Gasteiger charge is 2.35. The lowest BCUT2D eigenvalue weighted by Gasteiger charge is -2.37. The number of aromatic nitrogens is 1. The second-order valence-electron chi connectivity index (χ2n) is 7.72. The highest BCUT2D eigenvalue weighted by atomic mass is 32.2. The first-order valence-electron chi connectivity index (χ1n) is 9.03. The Morgan fingerprint density at radius 3 is 2.72 bits per heavy atom. The molecule has 2 heterocycles. The fourth-order valence-corrected chi connectivity index (χ4v) is 5.48. The number of rotatable bonds is 6. The first-order chi connectivity index (χ1) is 11.8. The molecule has 1 aromatic heterocycles. The van der Waals surface area contributed by atoms with E-state index in [-0.39, 0.29) is 29.7 Å². The van der Waals surface area contributed by atoms with Crippen LogP contribution in [-0.2, 0) is 10.0 Å². The third-order valence-corrected chi connectivity index (χ3v) is 7.14. The van der Waals surface area contributed by atoms with Crippen molar-refractivity contribution in [3.05, 3.63) is 17.5 Å². The predicted molar refractivity (Wildman–Crippen MR) is 93.8 cm³/mol. The summed E-state index contributed by atoms with van der Waals surface area (Å²) in [5.41, 5.74) is 0.310. The van der Waals surface area contributed by atoms with Crippen LogP contribution in [0.2, 0.25) is 0 Å². The quantitative estimate of drug-likeness (QED) is 0.829. The van der Waals surface area contributed by atoms with Crippen molar-refractivity contribution in [2.75, 3.05) is 12.3 Å². The fraction of sp³-hybridized carbons (Fsp3) is 0.765. The molecule has 1 saturated carbocycles. The van der Waals surface area contributed by atoms with E-state index in [4.69, 9.17) is 4.52 Å². The molecule has 140 valence electrons. The zero-order valence-electron chi connectivity index (χ0n) is 15.1. The summed E-state index contributed by atoms with van der Waals surface area (Å²) in [6.45, 7) is 6.15. The minimum atomic E-state index is -3.24. The third-order valence-electron chi connectivity index (χ3n) is 4.79. The summed E-state index contributed by atoms with van der Waals surface area (Å²) in [7, 11) is -3.24. The van der Waals surface area contributed by atoms with Gasteiger partial charge < -0.3 is 9.84 Å². The number of amides is 1. The van der Waals surface area contributed by atoms with Crippen LogP contribution in [-0.4, -0.2) is 48.2 Å². The second-order valence-corrected chi connectivity index (χ2v) is 9.68. The lowest BCUT2D eigenvalue weighted by atomic mass is 10.0. The molecule has 2 aliphatic rings. The van der Waals surface area contributed by atoms with Crippen LogP contribution in [0, 0.1) is 5.92 Å². The standard InChI is InChI=1S/C17H27N3O4S/c1-11(2)10-25(22,23)20-7-6-14(8-12(20)3)18-17(21)15-9-16(24-19-15)13-4-5-13/h9,11-14H,4-8,10H2,1-3H3,(H,18,21)/t12-,14+/m0/s1. The molecule has 1 N–H and O–H groups in total. The number of carbonyl (C=O) groups excluding carboxylic acids is 1. The minimum absolute atomic E-state index is 0.0472. The summed E-state index contributed by atoms with van der Waals surface area (Å²) < 4.78 is 31.7. The molecule has 8 heteroatoms. The number of sulfonamides is 1. The number of carbonyl (C=O) groups is 1. The molecule has 2 atom stereocenters. The maximum Gasteiger partial charge on any atom is 0.273 e. The lowest BCUT2D eigenvalue weighted by molar-refractivity contribution is 0.0905. The zero-order valence-corrected chi connectivity index (χ0v) is 15.9. The Morgan fingerprint density at radius 1 is 1.40 bits per heavy atom. The number of piperidine rings is 1. The second kappa shape index (κ2) is 7.07. The van der Waals surface area contributed by atoms with Gasteiger partial charge in [-0.3, -0.25) is 4.79 Å². The van der Waals surface area contributed by atoms with Crippen LogP contribution in [0.1, 0.15) is 68.6 Å². The van der Waals surface area contributed by atoms with Gasteiger partial charge in [0.25, 0.3) is 5.91 Å². The normalized spacial score (nSPS) is 25.3. The van der Waals surface area contributed by atoms with Crippen molar-refractivity contribution < 1.29 is 17.7 Å². The highest BCUT2D eigenvalue weighted by molar-refractivity contribution is 7.89. The largest absolute Gasteiger partial charge is 0.360 e. The first-order valence-corrected chi connectivity index (χ1v) is 10.6. The smallest absolute Gasteiger partial charge is 0.273 e. The number of hydrogen-bond acceptors (Lipinski definition) is 5. The Balaban J connectivity index is 1.56. The van der Waals surface area contributed by atoms with E-state index >= 15 is 0 Å². The molecular formula is C17H27N3O4S. The Hall–Kier alpha value is -1.41. The van der Waals surface area contributed by atoms with E-state index < -0.39 is 10.0 Å². The summed E-state index contributed by atoms with van der Waals surface area (Å²) in [4.78, 5) is 12.3. The van der Waals surface area contributed by atoms with Gasteiger partial charge in [-0.2, -0.15) is 4.31 Å². The molecule has 25 heavy (non-hydrogen) atoms. The molecule has 0 spiro atoms. The highest BCUT2D eigenvalue weighted by Crippen LogP contribution is 2.40. The van der Waals surface area contributed by atoms with Crippen molar-refractivity contribution in [2.24, 2.45) is 5.92 Å². The van der Waals surface area contributed by atoms with Gasteiger partial charge in [-0.25, -0.2) is 8.42 Å². The number of nitrogens with one attached hydrogen (secondary N) is 1. The molecule has 7 nitrogen and oxygen atoms in total. The zero-order chi connectivity index (χ0) is 18.2. The molecular weight excluding hydrogens is 342 g/mol. The summed E-state index contributed by atoms with van der Waals surface area (Å²) in [6, 6.07) is 1.55. The van der Waals surface area contributed by atoms with Gasteiger partial charge in [0, 0.05) is 30.6 Å². The average molecular weight is 369 g/mol. The summed E-state index contributed by atoms with van der Waals surface area (Å²) in [6.07, 6.45) is 3.41. The van der Waals surface area contributed by atoms with E-state index in [9.17, 15) is 13.2 Å². The van der Waals surface area contributed by atoms with Crippen LogP contribution in [0.4, 0.5) is 0 Å². The van der Waals surface area contributed by atoms with E-state index in [1.807, 2.05) is 20.8 Å². The van der Waals surface area contributed by atoms with Crippen LogP contribution in [0.15, 0.2) is 10.6 Å². The molecule has 1 aliphatic heterocycles. The maximum atomic E-state index is 12.4. The molecule has 1 saturated heterocycles. The van der Waals surface area contributed by atoms with Crippen molar-refractivity contribution in [3.8, 4) is 0 Å². The minimum Gasteiger partial charge on any atom is -0.360 e. The van der Waals surface area contributed by atoms with Gasteiger partial charge in [-0.1, -0.05) is 19.0 Å². The topological polar surface area (TPSA) is 92.5 Å². The van der Waals surface area contributed by atoms with Crippen molar-refractivity contribution in [3.63, 3.8) is 0 Å². The number of nitrogens with zero attached hydrogens (tertiary/aromatic N) is 2. The van der Waals surface area contributed by atoms with Gasteiger partial charge in [-0.05, 0) is 38.5 Å². The first kappa shape index (κ1) is 18.4. The number of hydrogen-bond donors (Lipinski definition) is 1. The third kappa shape index (κ3) is 4.41. The van der Waals surface area contributed by atoms with Gasteiger partial charge in [0.05, 0.1) is 5.75 Å². The SMILES string of the molecule is CC(C)CS(=O)(=O)N1CC[C@@H](NC(=O)c2cc(C3CC3)on2)C[C@@H]1C. The summed E-state index contributed by atoms with van der Waals surface area (Å²) >= 11 is 0. The van der Waals surface area contributed by atoms with Crippen LogP contribution in [0.5, 0.6) is 0 Å². The Morgan fingerprint density at radius 2 is 2.12 bits per heavy atom. The molecule has 0 bridgehead atoms. The van der Waals surface area contributed by atoms with Gasteiger partial charge >= 0.3 is 0 Å². The molecule has 0 radical (unpaired) electrons.